The molecule has 1 saturated heterocycles. The minimum absolute atomic E-state index is 0.975. The molecule has 1 fully saturated rings. The standard InChI is InChI=1S/C12H23N5/c1-15(11-12-3-4-14-16(12)2)9-10-17-7-5-13-6-8-17/h3-4,13H,5-11H2,1-2H3. The lowest BCUT2D eigenvalue weighted by atomic mass is 10.3. The lowest BCUT2D eigenvalue weighted by Gasteiger charge is -2.29. The largest absolute Gasteiger partial charge is 0.314 e. The van der Waals surface area contributed by atoms with Gasteiger partial charge in [-0.05, 0) is 13.1 Å². The molecule has 0 spiro atoms. The van der Waals surface area contributed by atoms with Gasteiger partial charge in [-0.15, -0.1) is 0 Å². The minimum Gasteiger partial charge on any atom is -0.314 e. The number of hydrogen-bond donors (Lipinski definition) is 1. The van der Waals surface area contributed by atoms with E-state index in [2.05, 4.69) is 33.3 Å². The fraction of sp³-hybridized carbons (Fsp3) is 0.750. The summed E-state index contributed by atoms with van der Waals surface area (Å²) in [4.78, 5) is 4.88. The van der Waals surface area contributed by atoms with Crippen molar-refractivity contribution in [2.24, 2.45) is 7.05 Å². The van der Waals surface area contributed by atoms with Gasteiger partial charge < -0.3 is 5.32 Å². The Kier molecular flexibility index (Phi) is 4.53. The molecule has 17 heavy (non-hydrogen) atoms. The molecule has 0 aliphatic carbocycles. The molecule has 0 unspecified atom stereocenters. The third kappa shape index (κ3) is 3.80. The molecule has 1 aliphatic heterocycles. The van der Waals surface area contributed by atoms with Crippen molar-refractivity contribution in [2.75, 3.05) is 46.3 Å². The predicted octanol–water partition coefficient (Wildman–Crippen LogP) is -0.243. The SMILES string of the molecule is CN(CCN1CCNCC1)Cc1ccnn1C. The molecule has 0 radical (unpaired) electrons. The van der Waals surface area contributed by atoms with Crippen LogP contribution in [0.25, 0.3) is 0 Å². The molecule has 1 N–H and O–H groups in total. The number of rotatable bonds is 5. The second kappa shape index (κ2) is 6.14. The van der Waals surface area contributed by atoms with E-state index in [1.807, 2.05) is 17.9 Å². The van der Waals surface area contributed by atoms with E-state index in [1.165, 1.54) is 18.8 Å². The summed E-state index contributed by atoms with van der Waals surface area (Å²) in [6.07, 6.45) is 1.86. The molecule has 96 valence electrons. The van der Waals surface area contributed by atoms with Gasteiger partial charge in [0.2, 0.25) is 0 Å². The summed E-state index contributed by atoms with van der Waals surface area (Å²) in [5.41, 5.74) is 1.27. The number of likely N-dealkylation sites (N-methyl/N-ethyl adjacent to an activating group) is 1. The van der Waals surface area contributed by atoms with Crippen molar-refractivity contribution in [3.8, 4) is 0 Å². The first kappa shape index (κ1) is 12.5. The number of piperazine rings is 1. The minimum atomic E-state index is 0.975. The molecule has 2 heterocycles. The van der Waals surface area contributed by atoms with Crippen molar-refractivity contribution in [3.05, 3.63) is 18.0 Å². The first-order chi connectivity index (χ1) is 8.25. The van der Waals surface area contributed by atoms with Gasteiger partial charge in [0.05, 0.1) is 5.69 Å². The Bertz CT molecular complexity index is 329. The Labute approximate surface area is 103 Å². The van der Waals surface area contributed by atoms with Gasteiger partial charge in [0.1, 0.15) is 0 Å². The van der Waals surface area contributed by atoms with E-state index < -0.39 is 0 Å². The van der Waals surface area contributed by atoms with Gasteiger partial charge >= 0.3 is 0 Å². The van der Waals surface area contributed by atoms with Crippen LogP contribution in [0.2, 0.25) is 0 Å². The van der Waals surface area contributed by atoms with Crippen molar-refractivity contribution in [1.29, 1.82) is 0 Å². The van der Waals surface area contributed by atoms with Crippen LogP contribution in [0.3, 0.4) is 0 Å². The number of nitrogens with one attached hydrogen (secondary N) is 1. The Balaban J connectivity index is 1.70. The molecular formula is C12H23N5. The number of aryl methyl sites for hydroxylation is 1. The van der Waals surface area contributed by atoms with Gasteiger partial charge in [-0.1, -0.05) is 0 Å². The summed E-state index contributed by atoms with van der Waals surface area (Å²) in [5.74, 6) is 0. The smallest absolute Gasteiger partial charge is 0.0520 e. The topological polar surface area (TPSA) is 36.3 Å². The normalized spacial score (nSPS) is 17.8. The lowest BCUT2D eigenvalue weighted by Crippen LogP contribution is -2.45. The van der Waals surface area contributed by atoms with Crippen molar-refractivity contribution < 1.29 is 0 Å². The fourth-order valence-corrected chi connectivity index (χ4v) is 2.16. The third-order valence-electron chi connectivity index (χ3n) is 3.36. The molecule has 0 saturated carbocycles. The summed E-state index contributed by atoms with van der Waals surface area (Å²) in [6.45, 7) is 7.87. The fourth-order valence-electron chi connectivity index (χ4n) is 2.16. The van der Waals surface area contributed by atoms with Crippen molar-refractivity contribution in [3.63, 3.8) is 0 Å². The van der Waals surface area contributed by atoms with Crippen LogP contribution in [0.5, 0.6) is 0 Å². The van der Waals surface area contributed by atoms with Gasteiger partial charge in [-0.3, -0.25) is 14.5 Å². The van der Waals surface area contributed by atoms with Crippen molar-refractivity contribution in [1.82, 2.24) is 24.9 Å². The molecule has 0 atom stereocenters. The highest BCUT2D eigenvalue weighted by Crippen LogP contribution is 2.01. The lowest BCUT2D eigenvalue weighted by molar-refractivity contribution is 0.200. The third-order valence-corrected chi connectivity index (χ3v) is 3.36. The van der Waals surface area contributed by atoms with E-state index in [4.69, 9.17) is 0 Å². The summed E-state index contributed by atoms with van der Waals surface area (Å²) in [7, 11) is 4.18. The average molecular weight is 237 g/mol. The van der Waals surface area contributed by atoms with Crippen molar-refractivity contribution in [2.45, 2.75) is 6.54 Å². The van der Waals surface area contributed by atoms with Gasteiger partial charge in [-0.2, -0.15) is 5.10 Å². The maximum Gasteiger partial charge on any atom is 0.0520 e. The van der Waals surface area contributed by atoms with E-state index in [0.717, 1.165) is 32.7 Å². The maximum absolute atomic E-state index is 4.19. The molecule has 2 rings (SSSR count). The van der Waals surface area contributed by atoms with Crippen LogP contribution in [0.1, 0.15) is 5.69 Å². The van der Waals surface area contributed by atoms with E-state index in [1.54, 1.807) is 0 Å². The molecule has 5 heteroatoms. The summed E-state index contributed by atoms with van der Waals surface area (Å²) in [6, 6.07) is 2.08. The van der Waals surface area contributed by atoms with Gasteiger partial charge in [0.15, 0.2) is 0 Å². The van der Waals surface area contributed by atoms with Crippen molar-refractivity contribution >= 4 is 0 Å². The highest BCUT2D eigenvalue weighted by atomic mass is 15.3. The molecule has 1 aromatic heterocycles. The first-order valence-corrected chi connectivity index (χ1v) is 6.34. The van der Waals surface area contributed by atoms with E-state index in [9.17, 15) is 0 Å². The summed E-state index contributed by atoms with van der Waals surface area (Å²) >= 11 is 0. The summed E-state index contributed by atoms with van der Waals surface area (Å²) < 4.78 is 1.95. The summed E-state index contributed by atoms with van der Waals surface area (Å²) in [5, 5.41) is 7.57. The van der Waals surface area contributed by atoms with E-state index in [0.29, 0.717) is 0 Å². The zero-order chi connectivity index (χ0) is 12.1. The molecular weight excluding hydrogens is 214 g/mol. The number of nitrogens with zero attached hydrogens (tertiary/aromatic N) is 4. The quantitative estimate of drug-likeness (QED) is 0.767. The maximum atomic E-state index is 4.19. The van der Waals surface area contributed by atoms with Crippen LogP contribution in [0.15, 0.2) is 12.3 Å². The molecule has 5 nitrogen and oxygen atoms in total. The molecule has 1 aromatic rings. The number of aromatic nitrogens is 2. The molecule has 1 aliphatic rings. The molecule has 0 aromatic carbocycles. The Hall–Kier alpha value is -0.910. The monoisotopic (exact) mass is 237 g/mol. The van der Waals surface area contributed by atoms with Crippen LogP contribution in [-0.4, -0.2) is 65.9 Å². The van der Waals surface area contributed by atoms with E-state index in [-0.39, 0.29) is 0 Å². The second-order valence-electron chi connectivity index (χ2n) is 4.78. The first-order valence-electron chi connectivity index (χ1n) is 6.34. The van der Waals surface area contributed by atoms with Crippen LogP contribution in [0, 0.1) is 0 Å². The van der Waals surface area contributed by atoms with Gasteiger partial charge in [-0.25, -0.2) is 0 Å². The van der Waals surface area contributed by atoms with Crippen LogP contribution >= 0.6 is 0 Å². The van der Waals surface area contributed by atoms with Gasteiger partial charge in [0.25, 0.3) is 0 Å². The predicted molar refractivity (Wildman–Crippen MR) is 68.9 cm³/mol. The average Bonchev–Trinajstić information content (AvgIpc) is 2.74. The highest BCUT2D eigenvalue weighted by molar-refractivity contribution is 4.99. The van der Waals surface area contributed by atoms with E-state index >= 15 is 0 Å². The Morgan fingerprint density at radius 2 is 2.18 bits per heavy atom. The zero-order valence-corrected chi connectivity index (χ0v) is 10.9. The second-order valence-corrected chi connectivity index (χ2v) is 4.78. The number of hydrogen-bond acceptors (Lipinski definition) is 4. The van der Waals surface area contributed by atoms with Gasteiger partial charge in [0, 0.05) is 59.1 Å². The highest BCUT2D eigenvalue weighted by Gasteiger charge is 2.10. The van der Waals surface area contributed by atoms with Crippen LogP contribution in [-0.2, 0) is 13.6 Å². The zero-order valence-electron chi connectivity index (χ0n) is 10.9. The Morgan fingerprint density at radius 3 is 2.82 bits per heavy atom. The van der Waals surface area contributed by atoms with Crippen LogP contribution in [0.4, 0.5) is 0 Å². The molecule has 0 amide bonds. The van der Waals surface area contributed by atoms with Crippen LogP contribution < -0.4 is 5.32 Å². The molecule has 0 bridgehead atoms. The Morgan fingerprint density at radius 1 is 1.41 bits per heavy atom.